The molecule has 108 valence electrons. The van der Waals surface area contributed by atoms with Crippen molar-refractivity contribution in [1.82, 2.24) is 19.3 Å². The molecule has 3 heterocycles. The number of H-pyrrole nitrogens is 1. The second kappa shape index (κ2) is 4.80. The first-order chi connectivity index (χ1) is 10.2. The zero-order valence-corrected chi connectivity index (χ0v) is 12.9. The molecule has 21 heavy (non-hydrogen) atoms. The molecule has 0 saturated carbocycles. The van der Waals surface area contributed by atoms with Crippen LogP contribution < -0.4 is 4.90 Å². The number of fused-ring (bicyclic) bond motifs is 1. The molecule has 1 fully saturated rings. The minimum atomic E-state index is 0.282. The monoisotopic (exact) mass is 299 g/mol. The second-order valence-corrected chi connectivity index (χ2v) is 6.35. The molecule has 4 rings (SSSR count). The summed E-state index contributed by atoms with van der Waals surface area (Å²) >= 11 is 1.48. The summed E-state index contributed by atoms with van der Waals surface area (Å²) in [6.07, 6.45) is 2.27. The maximum Gasteiger partial charge on any atom is 0.205 e. The molecule has 5 nitrogen and oxygen atoms in total. The summed E-state index contributed by atoms with van der Waals surface area (Å²) in [4.78, 5) is 15.1. The Morgan fingerprint density at radius 3 is 3.00 bits per heavy atom. The zero-order valence-electron chi connectivity index (χ0n) is 12.1. The van der Waals surface area contributed by atoms with E-state index >= 15 is 0 Å². The fourth-order valence-corrected chi connectivity index (χ4v) is 3.73. The Hall–Kier alpha value is -1.95. The van der Waals surface area contributed by atoms with Gasteiger partial charge in [-0.25, -0.2) is 9.97 Å². The highest BCUT2D eigenvalue weighted by atomic mass is 32.1. The van der Waals surface area contributed by atoms with Crippen molar-refractivity contribution in [2.24, 2.45) is 0 Å². The van der Waals surface area contributed by atoms with Crippen LogP contribution in [0.1, 0.15) is 36.1 Å². The molecule has 1 aliphatic rings. The van der Waals surface area contributed by atoms with Gasteiger partial charge in [0.15, 0.2) is 0 Å². The van der Waals surface area contributed by atoms with Gasteiger partial charge in [0.25, 0.3) is 0 Å². The van der Waals surface area contributed by atoms with E-state index in [0.717, 1.165) is 40.8 Å². The lowest BCUT2D eigenvalue weighted by atomic mass is 10.2. The van der Waals surface area contributed by atoms with Gasteiger partial charge in [-0.2, -0.15) is 4.37 Å². The van der Waals surface area contributed by atoms with Crippen molar-refractivity contribution in [3.8, 4) is 0 Å². The van der Waals surface area contributed by atoms with E-state index in [9.17, 15) is 0 Å². The molecule has 1 saturated heterocycles. The van der Waals surface area contributed by atoms with Crippen LogP contribution in [0.2, 0.25) is 0 Å². The van der Waals surface area contributed by atoms with Crippen LogP contribution in [0, 0.1) is 13.8 Å². The molecule has 1 aromatic carbocycles. The van der Waals surface area contributed by atoms with E-state index < -0.39 is 0 Å². The molecule has 3 aromatic rings. The summed E-state index contributed by atoms with van der Waals surface area (Å²) in [5, 5.41) is 1.01. The lowest BCUT2D eigenvalue weighted by Crippen LogP contribution is -2.23. The van der Waals surface area contributed by atoms with E-state index in [1.54, 1.807) is 0 Å². The summed E-state index contributed by atoms with van der Waals surface area (Å²) in [5.74, 6) is 1.89. The van der Waals surface area contributed by atoms with Crippen molar-refractivity contribution in [2.45, 2.75) is 32.7 Å². The molecule has 0 radical (unpaired) electrons. The molecule has 0 unspecified atom stereocenters. The summed E-state index contributed by atoms with van der Waals surface area (Å²) in [5.41, 5.74) is 3.40. The van der Waals surface area contributed by atoms with Gasteiger partial charge in [-0.05, 0) is 44.4 Å². The number of hydrogen-bond donors (Lipinski definition) is 1. The molecule has 1 N–H and O–H groups in total. The van der Waals surface area contributed by atoms with Crippen molar-refractivity contribution >= 4 is 27.7 Å². The van der Waals surface area contributed by atoms with Crippen LogP contribution in [0.4, 0.5) is 5.13 Å². The van der Waals surface area contributed by atoms with Gasteiger partial charge in [0.05, 0.1) is 17.1 Å². The molecule has 2 aromatic heterocycles. The number of aromatic nitrogens is 4. The summed E-state index contributed by atoms with van der Waals surface area (Å²) in [7, 11) is 0. The molecule has 0 bridgehead atoms. The minimum Gasteiger partial charge on any atom is -0.340 e. The summed E-state index contributed by atoms with van der Waals surface area (Å²) in [6, 6.07) is 6.62. The highest BCUT2D eigenvalue weighted by Gasteiger charge is 2.30. The Bertz CT molecular complexity index is 790. The van der Waals surface area contributed by atoms with E-state index in [4.69, 9.17) is 4.98 Å². The number of aromatic amines is 1. The highest BCUT2D eigenvalue weighted by Crippen LogP contribution is 2.36. The molecule has 1 aliphatic heterocycles. The average molecular weight is 299 g/mol. The van der Waals surface area contributed by atoms with Crippen molar-refractivity contribution in [3.05, 3.63) is 35.4 Å². The summed E-state index contributed by atoms with van der Waals surface area (Å²) < 4.78 is 4.30. The Balaban J connectivity index is 1.72. The van der Waals surface area contributed by atoms with Gasteiger partial charge in [-0.15, -0.1) is 0 Å². The van der Waals surface area contributed by atoms with E-state index in [1.807, 2.05) is 6.92 Å². The number of nitrogens with one attached hydrogen (secondary N) is 1. The van der Waals surface area contributed by atoms with Gasteiger partial charge < -0.3 is 9.88 Å². The van der Waals surface area contributed by atoms with Gasteiger partial charge in [0, 0.05) is 18.1 Å². The van der Waals surface area contributed by atoms with Crippen molar-refractivity contribution < 1.29 is 0 Å². The maximum atomic E-state index is 4.78. The Morgan fingerprint density at radius 2 is 2.19 bits per heavy atom. The third kappa shape index (κ3) is 2.19. The van der Waals surface area contributed by atoms with Crippen LogP contribution >= 0.6 is 11.5 Å². The molecular weight excluding hydrogens is 282 g/mol. The zero-order chi connectivity index (χ0) is 14.4. The van der Waals surface area contributed by atoms with Gasteiger partial charge in [-0.3, -0.25) is 0 Å². The first kappa shape index (κ1) is 12.8. The standard InChI is InChI=1S/C15H17N5S/c1-9-5-6-11-12(8-9)18-14(17-11)13-4-3-7-20(13)15-16-10(2)19-21-15/h5-6,8,13H,3-4,7H2,1-2H3,(H,17,18)/t13-/m0/s1. The Morgan fingerprint density at radius 1 is 1.29 bits per heavy atom. The summed E-state index contributed by atoms with van der Waals surface area (Å²) in [6.45, 7) is 5.07. The molecule has 1 atom stereocenters. The smallest absolute Gasteiger partial charge is 0.205 e. The van der Waals surface area contributed by atoms with E-state index in [1.165, 1.54) is 23.5 Å². The van der Waals surface area contributed by atoms with Gasteiger partial charge in [-0.1, -0.05) is 6.07 Å². The van der Waals surface area contributed by atoms with Gasteiger partial charge in [0.2, 0.25) is 5.13 Å². The number of benzene rings is 1. The number of imidazole rings is 1. The van der Waals surface area contributed by atoms with Crippen LogP contribution in [0.15, 0.2) is 18.2 Å². The lowest BCUT2D eigenvalue weighted by Gasteiger charge is -2.21. The topological polar surface area (TPSA) is 57.7 Å². The Labute approximate surface area is 127 Å². The van der Waals surface area contributed by atoms with Crippen molar-refractivity contribution in [1.29, 1.82) is 0 Å². The molecule has 0 aliphatic carbocycles. The molecule has 0 amide bonds. The SMILES string of the molecule is Cc1ccc2nc([C@@H]3CCCN3c3nc(C)ns3)[nH]c2c1. The first-order valence-corrected chi connectivity index (χ1v) is 8.01. The minimum absolute atomic E-state index is 0.282. The van der Waals surface area contributed by atoms with Gasteiger partial charge in [0.1, 0.15) is 11.6 Å². The maximum absolute atomic E-state index is 4.78. The third-order valence-corrected chi connectivity index (χ3v) is 4.83. The van der Waals surface area contributed by atoms with Crippen molar-refractivity contribution in [3.63, 3.8) is 0 Å². The largest absolute Gasteiger partial charge is 0.340 e. The fraction of sp³-hybridized carbons (Fsp3) is 0.400. The van der Waals surface area contributed by atoms with Crippen LogP contribution in [0.25, 0.3) is 11.0 Å². The quantitative estimate of drug-likeness (QED) is 0.788. The second-order valence-electron chi connectivity index (χ2n) is 5.62. The average Bonchev–Trinajstić information content (AvgIpc) is 3.14. The van der Waals surface area contributed by atoms with Crippen LogP contribution in [0.3, 0.4) is 0 Å². The fourth-order valence-electron chi connectivity index (χ4n) is 2.98. The van der Waals surface area contributed by atoms with Crippen LogP contribution in [-0.4, -0.2) is 25.9 Å². The number of anilines is 1. The number of aryl methyl sites for hydroxylation is 2. The van der Waals surface area contributed by atoms with E-state index in [-0.39, 0.29) is 6.04 Å². The number of rotatable bonds is 2. The number of hydrogen-bond acceptors (Lipinski definition) is 5. The Kier molecular flexibility index (Phi) is 2.92. The van der Waals surface area contributed by atoms with Gasteiger partial charge >= 0.3 is 0 Å². The number of nitrogens with zero attached hydrogens (tertiary/aromatic N) is 4. The normalized spacial score (nSPS) is 18.8. The van der Waals surface area contributed by atoms with E-state index in [0.29, 0.717) is 0 Å². The lowest BCUT2D eigenvalue weighted by molar-refractivity contribution is 0.677. The molecule has 6 heteroatoms. The molecular formula is C15H17N5S. The predicted molar refractivity (Wildman–Crippen MR) is 84.8 cm³/mol. The van der Waals surface area contributed by atoms with Crippen molar-refractivity contribution in [2.75, 3.05) is 11.4 Å². The van der Waals surface area contributed by atoms with E-state index in [2.05, 4.69) is 44.4 Å². The first-order valence-electron chi connectivity index (χ1n) is 7.24. The van der Waals surface area contributed by atoms with Crippen LogP contribution in [-0.2, 0) is 0 Å². The highest BCUT2D eigenvalue weighted by molar-refractivity contribution is 7.09. The predicted octanol–water partition coefficient (Wildman–Crippen LogP) is 3.37. The van der Waals surface area contributed by atoms with Crippen LogP contribution in [0.5, 0.6) is 0 Å². The molecule has 0 spiro atoms. The third-order valence-electron chi connectivity index (χ3n) is 3.99.